The van der Waals surface area contributed by atoms with Gasteiger partial charge in [0.05, 0.1) is 19.9 Å². The summed E-state index contributed by atoms with van der Waals surface area (Å²) in [7, 11) is 3.12. The van der Waals surface area contributed by atoms with Crippen molar-refractivity contribution in [3.63, 3.8) is 0 Å². The van der Waals surface area contributed by atoms with Gasteiger partial charge in [-0.25, -0.2) is 4.79 Å². The van der Waals surface area contributed by atoms with Crippen molar-refractivity contribution in [1.82, 2.24) is 5.32 Å². The summed E-state index contributed by atoms with van der Waals surface area (Å²) < 4.78 is 15.7. The van der Waals surface area contributed by atoms with Crippen LogP contribution < -0.4 is 20.1 Å². The second-order valence-corrected chi connectivity index (χ2v) is 4.41. The lowest BCUT2D eigenvalue weighted by Gasteiger charge is -2.12. The third-order valence-electron chi connectivity index (χ3n) is 2.75. The average Bonchev–Trinajstić information content (AvgIpc) is 2.50. The van der Waals surface area contributed by atoms with E-state index < -0.39 is 0 Å². The second-order valence-electron chi connectivity index (χ2n) is 4.41. The maximum atomic E-state index is 11.8. The minimum absolute atomic E-state index is 0.281. The highest BCUT2D eigenvalue weighted by Gasteiger charge is 2.08. The topological polar surface area (TPSA) is 68.8 Å². The van der Waals surface area contributed by atoms with E-state index in [1.807, 2.05) is 0 Å². The number of amides is 2. The fourth-order valence-electron chi connectivity index (χ4n) is 1.70. The molecule has 0 aromatic heterocycles. The minimum Gasteiger partial charge on any atom is -0.497 e. The number of anilines is 1. The summed E-state index contributed by atoms with van der Waals surface area (Å²) in [6.45, 7) is 4.03. The number of nitrogens with one attached hydrogen (secondary N) is 2. The van der Waals surface area contributed by atoms with Gasteiger partial charge in [0, 0.05) is 25.8 Å². The molecule has 21 heavy (non-hydrogen) atoms. The molecule has 0 aliphatic carbocycles. The van der Waals surface area contributed by atoms with Crippen molar-refractivity contribution in [3.05, 3.63) is 18.2 Å². The van der Waals surface area contributed by atoms with Gasteiger partial charge in [-0.05, 0) is 25.0 Å². The Hall–Kier alpha value is -1.95. The van der Waals surface area contributed by atoms with E-state index in [1.54, 1.807) is 32.4 Å². The number of carbonyl (C=O) groups excluding carboxylic acids is 1. The molecule has 0 bridgehead atoms. The first kappa shape index (κ1) is 17.1. The molecule has 0 atom stereocenters. The SMILES string of the molecule is CCCOCCCNC(=O)Nc1cc(OC)ccc1OC. The van der Waals surface area contributed by atoms with Crippen LogP contribution >= 0.6 is 0 Å². The molecule has 0 spiro atoms. The van der Waals surface area contributed by atoms with Crippen LogP contribution in [0, 0.1) is 0 Å². The van der Waals surface area contributed by atoms with Gasteiger partial charge in [-0.15, -0.1) is 0 Å². The molecule has 1 aromatic carbocycles. The molecule has 0 saturated heterocycles. The van der Waals surface area contributed by atoms with Crippen molar-refractivity contribution >= 4 is 11.7 Å². The van der Waals surface area contributed by atoms with E-state index in [1.165, 1.54) is 0 Å². The van der Waals surface area contributed by atoms with E-state index in [0.717, 1.165) is 19.4 Å². The van der Waals surface area contributed by atoms with Crippen molar-refractivity contribution in [3.8, 4) is 11.5 Å². The van der Waals surface area contributed by atoms with Gasteiger partial charge in [0.25, 0.3) is 0 Å². The van der Waals surface area contributed by atoms with E-state index in [0.29, 0.717) is 30.3 Å². The lowest BCUT2D eigenvalue weighted by Crippen LogP contribution is -2.30. The Bertz CT molecular complexity index is 438. The molecule has 0 aliphatic rings. The third kappa shape index (κ3) is 6.35. The molecule has 0 aliphatic heterocycles. The predicted molar refractivity (Wildman–Crippen MR) is 82.3 cm³/mol. The molecule has 2 N–H and O–H groups in total. The maximum absolute atomic E-state index is 11.8. The van der Waals surface area contributed by atoms with Gasteiger partial charge in [-0.3, -0.25) is 0 Å². The Labute approximate surface area is 125 Å². The van der Waals surface area contributed by atoms with Gasteiger partial charge in [0.1, 0.15) is 11.5 Å². The van der Waals surface area contributed by atoms with Crippen molar-refractivity contribution in [2.24, 2.45) is 0 Å². The van der Waals surface area contributed by atoms with Crippen LogP contribution in [-0.4, -0.2) is 40.0 Å². The highest BCUT2D eigenvalue weighted by atomic mass is 16.5. The Morgan fingerprint density at radius 3 is 2.67 bits per heavy atom. The molecule has 6 nitrogen and oxygen atoms in total. The molecule has 0 heterocycles. The number of methoxy groups -OCH3 is 2. The fraction of sp³-hybridized carbons (Fsp3) is 0.533. The van der Waals surface area contributed by atoms with Crippen molar-refractivity contribution in [2.75, 3.05) is 39.3 Å². The normalized spacial score (nSPS) is 10.0. The Balaban J connectivity index is 2.39. The highest BCUT2D eigenvalue weighted by molar-refractivity contribution is 5.91. The van der Waals surface area contributed by atoms with E-state index in [9.17, 15) is 4.79 Å². The molecule has 0 radical (unpaired) electrons. The quantitative estimate of drug-likeness (QED) is 0.687. The lowest BCUT2D eigenvalue weighted by atomic mass is 10.2. The Morgan fingerprint density at radius 2 is 2.00 bits per heavy atom. The van der Waals surface area contributed by atoms with Gasteiger partial charge in [0.15, 0.2) is 0 Å². The lowest BCUT2D eigenvalue weighted by molar-refractivity contribution is 0.132. The monoisotopic (exact) mass is 296 g/mol. The number of rotatable bonds is 9. The molecule has 6 heteroatoms. The maximum Gasteiger partial charge on any atom is 0.319 e. The highest BCUT2D eigenvalue weighted by Crippen LogP contribution is 2.28. The average molecular weight is 296 g/mol. The van der Waals surface area contributed by atoms with E-state index >= 15 is 0 Å². The van der Waals surface area contributed by atoms with Gasteiger partial charge < -0.3 is 24.8 Å². The number of benzene rings is 1. The first-order valence-electron chi connectivity index (χ1n) is 7.05. The molecule has 0 unspecified atom stereocenters. The zero-order chi connectivity index (χ0) is 15.5. The van der Waals surface area contributed by atoms with Crippen LogP contribution in [0.4, 0.5) is 10.5 Å². The standard InChI is InChI=1S/C15H24N2O4/c1-4-9-21-10-5-8-16-15(18)17-13-11-12(19-2)6-7-14(13)20-3/h6-7,11H,4-5,8-10H2,1-3H3,(H2,16,17,18). The molecule has 2 amide bonds. The fourth-order valence-corrected chi connectivity index (χ4v) is 1.70. The predicted octanol–water partition coefficient (Wildman–Crippen LogP) is 2.64. The number of ether oxygens (including phenoxy) is 3. The van der Waals surface area contributed by atoms with Gasteiger partial charge >= 0.3 is 6.03 Å². The van der Waals surface area contributed by atoms with Crippen LogP contribution in [0.2, 0.25) is 0 Å². The van der Waals surface area contributed by atoms with Crippen LogP contribution in [0.5, 0.6) is 11.5 Å². The third-order valence-corrected chi connectivity index (χ3v) is 2.75. The first-order chi connectivity index (χ1) is 10.2. The zero-order valence-electron chi connectivity index (χ0n) is 12.9. The Morgan fingerprint density at radius 1 is 1.19 bits per heavy atom. The second kappa shape index (κ2) is 9.88. The van der Waals surface area contributed by atoms with Gasteiger partial charge in [0.2, 0.25) is 0 Å². The summed E-state index contributed by atoms with van der Waals surface area (Å²) in [4.78, 5) is 11.8. The Kier molecular flexibility index (Phi) is 8.04. The zero-order valence-corrected chi connectivity index (χ0v) is 12.9. The molecule has 0 saturated carbocycles. The minimum atomic E-state index is -0.281. The molecular formula is C15H24N2O4. The largest absolute Gasteiger partial charge is 0.497 e. The van der Waals surface area contributed by atoms with Crippen molar-refractivity contribution < 1.29 is 19.0 Å². The smallest absolute Gasteiger partial charge is 0.319 e. The van der Waals surface area contributed by atoms with Crippen molar-refractivity contribution in [2.45, 2.75) is 19.8 Å². The van der Waals surface area contributed by atoms with Crippen LogP contribution in [0.15, 0.2) is 18.2 Å². The van der Waals surface area contributed by atoms with E-state index in [-0.39, 0.29) is 6.03 Å². The number of hydrogen-bond donors (Lipinski definition) is 2. The molecule has 1 rings (SSSR count). The van der Waals surface area contributed by atoms with Crippen LogP contribution in [0.3, 0.4) is 0 Å². The van der Waals surface area contributed by atoms with Crippen LogP contribution in [0.25, 0.3) is 0 Å². The van der Waals surface area contributed by atoms with E-state index in [2.05, 4.69) is 17.6 Å². The summed E-state index contributed by atoms with van der Waals surface area (Å²) >= 11 is 0. The summed E-state index contributed by atoms with van der Waals surface area (Å²) in [6.07, 6.45) is 1.78. The molecule has 118 valence electrons. The van der Waals surface area contributed by atoms with Gasteiger partial charge in [-0.1, -0.05) is 6.92 Å². The summed E-state index contributed by atoms with van der Waals surface area (Å²) in [5.41, 5.74) is 0.566. The number of carbonyl (C=O) groups is 1. The summed E-state index contributed by atoms with van der Waals surface area (Å²) in [5, 5.41) is 5.51. The first-order valence-corrected chi connectivity index (χ1v) is 7.05. The van der Waals surface area contributed by atoms with Crippen LogP contribution in [0.1, 0.15) is 19.8 Å². The summed E-state index contributed by atoms with van der Waals surface area (Å²) in [6, 6.07) is 4.94. The molecular weight excluding hydrogens is 272 g/mol. The number of urea groups is 1. The van der Waals surface area contributed by atoms with Crippen molar-refractivity contribution in [1.29, 1.82) is 0 Å². The van der Waals surface area contributed by atoms with E-state index in [4.69, 9.17) is 14.2 Å². The summed E-state index contributed by atoms with van der Waals surface area (Å²) in [5.74, 6) is 1.23. The van der Waals surface area contributed by atoms with Crippen LogP contribution in [-0.2, 0) is 4.74 Å². The number of hydrogen-bond acceptors (Lipinski definition) is 4. The molecule has 0 fully saturated rings. The van der Waals surface area contributed by atoms with Gasteiger partial charge in [-0.2, -0.15) is 0 Å². The molecule has 1 aromatic rings.